The van der Waals surface area contributed by atoms with Crippen LogP contribution in [0.25, 0.3) is 6.08 Å². The third kappa shape index (κ3) is 2.67. The maximum Gasteiger partial charge on any atom is 0.426 e. The van der Waals surface area contributed by atoms with Crippen LogP contribution in [0.1, 0.15) is 5.56 Å². The summed E-state index contributed by atoms with van der Waals surface area (Å²) in [6, 6.07) is 5.64. The Hall–Kier alpha value is -1.16. The average Bonchev–Trinajstić information content (AvgIpc) is 2.07. The highest BCUT2D eigenvalue weighted by Gasteiger charge is 2.32. The summed E-state index contributed by atoms with van der Waals surface area (Å²) in [4.78, 5) is 0. The van der Waals surface area contributed by atoms with E-state index in [1.54, 1.807) is 0 Å². The SMILES string of the molecule is Oc1ccccc1/C=C(\Cl)C(F)(F)F. The fourth-order valence-corrected chi connectivity index (χ4v) is 0.945. The van der Waals surface area contributed by atoms with Gasteiger partial charge < -0.3 is 5.11 Å². The second-order valence-corrected chi connectivity index (χ2v) is 2.96. The highest BCUT2D eigenvalue weighted by molar-refractivity contribution is 6.32. The van der Waals surface area contributed by atoms with Gasteiger partial charge in [-0.25, -0.2) is 0 Å². The molecule has 0 unspecified atom stereocenters. The number of para-hydroxylation sites is 1. The molecule has 1 aromatic rings. The Morgan fingerprint density at radius 3 is 2.36 bits per heavy atom. The fourth-order valence-electron chi connectivity index (χ4n) is 0.828. The van der Waals surface area contributed by atoms with Gasteiger partial charge >= 0.3 is 6.18 Å². The number of benzene rings is 1. The monoisotopic (exact) mass is 222 g/mol. The van der Waals surface area contributed by atoms with Gasteiger partial charge in [-0.2, -0.15) is 13.2 Å². The van der Waals surface area contributed by atoms with Crippen LogP contribution >= 0.6 is 11.6 Å². The second-order valence-electron chi connectivity index (χ2n) is 2.55. The van der Waals surface area contributed by atoms with Crippen molar-refractivity contribution in [1.29, 1.82) is 0 Å². The maximum atomic E-state index is 12.0. The number of hydrogen-bond donors (Lipinski definition) is 1. The lowest BCUT2D eigenvalue weighted by atomic mass is 10.2. The number of hydrogen-bond acceptors (Lipinski definition) is 1. The van der Waals surface area contributed by atoms with E-state index in [1.165, 1.54) is 24.3 Å². The van der Waals surface area contributed by atoms with Crippen molar-refractivity contribution in [1.82, 2.24) is 0 Å². The molecule has 1 nitrogen and oxygen atoms in total. The lowest BCUT2D eigenvalue weighted by molar-refractivity contribution is -0.0836. The molecule has 1 rings (SSSR count). The van der Waals surface area contributed by atoms with E-state index in [-0.39, 0.29) is 11.3 Å². The summed E-state index contributed by atoms with van der Waals surface area (Å²) in [7, 11) is 0. The first-order valence-corrected chi connectivity index (χ1v) is 4.01. The molecule has 0 atom stereocenters. The van der Waals surface area contributed by atoms with Gasteiger partial charge in [-0.1, -0.05) is 29.8 Å². The number of aromatic hydroxyl groups is 1. The van der Waals surface area contributed by atoms with E-state index < -0.39 is 11.2 Å². The van der Waals surface area contributed by atoms with Crippen molar-refractivity contribution in [3.63, 3.8) is 0 Å². The van der Waals surface area contributed by atoms with E-state index in [4.69, 9.17) is 16.7 Å². The van der Waals surface area contributed by atoms with Gasteiger partial charge in [-0.05, 0) is 12.1 Å². The number of halogens is 4. The third-order valence-corrected chi connectivity index (χ3v) is 1.81. The average molecular weight is 223 g/mol. The molecule has 0 saturated carbocycles. The summed E-state index contributed by atoms with van der Waals surface area (Å²) >= 11 is 4.99. The summed E-state index contributed by atoms with van der Waals surface area (Å²) in [6.07, 6.45) is -3.90. The molecule has 14 heavy (non-hydrogen) atoms. The summed E-state index contributed by atoms with van der Waals surface area (Å²) in [6.45, 7) is 0. The van der Waals surface area contributed by atoms with Crippen molar-refractivity contribution >= 4 is 17.7 Å². The first-order valence-electron chi connectivity index (χ1n) is 3.63. The Balaban J connectivity index is 3.04. The largest absolute Gasteiger partial charge is 0.507 e. The summed E-state index contributed by atoms with van der Waals surface area (Å²) in [5.74, 6) is -0.241. The summed E-state index contributed by atoms with van der Waals surface area (Å²) in [5, 5.41) is 7.89. The van der Waals surface area contributed by atoms with Crippen molar-refractivity contribution in [2.75, 3.05) is 0 Å². The van der Waals surface area contributed by atoms with Crippen LogP contribution in [0.5, 0.6) is 5.75 Å². The topological polar surface area (TPSA) is 20.2 Å². The molecule has 1 N–H and O–H groups in total. The zero-order valence-electron chi connectivity index (χ0n) is 6.85. The molecule has 0 saturated heterocycles. The Morgan fingerprint density at radius 2 is 1.86 bits per heavy atom. The lowest BCUT2D eigenvalue weighted by Crippen LogP contribution is -2.06. The zero-order valence-corrected chi connectivity index (χ0v) is 7.60. The highest BCUT2D eigenvalue weighted by atomic mass is 35.5. The molecule has 1 aromatic carbocycles. The van der Waals surface area contributed by atoms with E-state index in [2.05, 4.69) is 0 Å². The standard InChI is InChI=1S/C9H6ClF3O/c10-8(9(11,12)13)5-6-3-1-2-4-7(6)14/h1-5,14H/b8-5-. The first-order chi connectivity index (χ1) is 6.41. The highest BCUT2D eigenvalue weighted by Crippen LogP contribution is 2.31. The van der Waals surface area contributed by atoms with Crippen molar-refractivity contribution in [3.05, 3.63) is 34.9 Å². The second kappa shape index (κ2) is 3.92. The Labute approximate surface area is 83.4 Å². The minimum absolute atomic E-state index is 0.0369. The predicted octanol–water partition coefficient (Wildman–Crippen LogP) is 3.53. The molecular weight excluding hydrogens is 217 g/mol. The Morgan fingerprint density at radius 1 is 1.29 bits per heavy atom. The Kier molecular flexibility index (Phi) is 3.06. The smallest absolute Gasteiger partial charge is 0.426 e. The van der Waals surface area contributed by atoms with Crippen LogP contribution in [0.15, 0.2) is 29.3 Å². The minimum Gasteiger partial charge on any atom is -0.507 e. The molecule has 0 heterocycles. The van der Waals surface area contributed by atoms with E-state index in [0.29, 0.717) is 6.08 Å². The van der Waals surface area contributed by atoms with Gasteiger partial charge in [0, 0.05) is 5.56 Å². The number of phenols is 1. The van der Waals surface area contributed by atoms with Gasteiger partial charge in [-0.15, -0.1) is 0 Å². The Bertz CT molecular complexity index is 357. The number of allylic oxidation sites excluding steroid dienone is 1. The first kappa shape index (κ1) is 10.9. The van der Waals surface area contributed by atoms with Crippen LogP contribution in [0, 0.1) is 0 Å². The van der Waals surface area contributed by atoms with Crippen LogP contribution < -0.4 is 0 Å². The van der Waals surface area contributed by atoms with Crippen LogP contribution in [0.2, 0.25) is 0 Å². The number of phenolic OH excluding ortho intramolecular Hbond substituents is 1. The molecule has 76 valence electrons. The summed E-state index contributed by atoms with van der Waals surface area (Å²) in [5.41, 5.74) is 0.0369. The molecule has 0 aromatic heterocycles. The quantitative estimate of drug-likeness (QED) is 0.771. The third-order valence-electron chi connectivity index (χ3n) is 1.49. The maximum absolute atomic E-state index is 12.0. The molecule has 0 aliphatic heterocycles. The molecule has 0 aliphatic carbocycles. The molecule has 0 aliphatic rings. The molecule has 0 spiro atoms. The van der Waals surface area contributed by atoms with E-state index in [9.17, 15) is 13.2 Å². The van der Waals surface area contributed by atoms with E-state index in [0.717, 1.165) is 0 Å². The molecule has 0 radical (unpaired) electrons. The normalized spacial score (nSPS) is 13.0. The van der Waals surface area contributed by atoms with E-state index >= 15 is 0 Å². The van der Waals surface area contributed by atoms with Gasteiger partial charge in [0.2, 0.25) is 0 Å². The lowest BCUT2D eigenvalue weighted by Gasteiger charge is -2.04. The summed E-state index contributed by atoms with van der Waals surface area (Å²) < 4.78 is 36.0. The van der Waals surface area contributed by atoms with Crippen molar-refractivity contribution in [2.24, 2.45) is 0 Å². The molecule has 0 amide bonds. The predicted molar refractivity (Wildman–Crippen MR) is 48.0 cm³/mol. The van der Waals surface area contributed by atoms with Crippen LogP contribution in [0.4, 0.5) is 13.2 Å². The van der Waals surface area contributed by atoms with Crippen LogP contribution in [0.3, 0.4) is 0 Å². The molecule has 5 heteroatoms. The van der Waals surface area contributed by atoms with Crippen LogP contribution in [-0.4, -0.2) is 11.3 Å². The van der Waals surface area contributed by atoms with Crippen molar-refractivity contribution in [3.8, 4) is 5.75 Å². The van der Waals surface area contributed by atoms with E-state index in [1.807, 2.05) is 0 Å². The van der Waals surface area contributed by atoms with Gasteiger partial charge in [0.1, 0.15) is 10.8 Å². The fraction of sp³-hybridized carbons (Fsp3) is 0.111. The van der Waals surface area contributed by atoms with Crippen molar-refractivity contribution < 1.29 is 18.3 Å². The van der Waals surface area contributed by atoms with Crippen molar-refractivity contribution in [2.45, 2.75) is 6.18 Å². The van der Waals surface area contributed by atoms with Crippen LogP contribution in [-0.2, 0) is 0 Å². The minimum atomic E-state index is -4.58. The molecule has 0 bridgehead atoms. The molecule has 0 fully saturated rings. The van der Waals surface area contributed by atoms with Gasteiger partial charge in [0.15, 0.2) is 0 Å². The number of rotatable bonds is 1. The van der Waals surface area contributed by atoms with Gasteiger partial charge in [0.25, 0.3) is 0 Å². The molecular formula is C9H6ClF3O. The van der Waals surface area contributed by atoms with Gasteiger partial charge in [0.05, 0.1) is 0 Å². The zero-order chi connectivity index (χ0) is 10.8. The van der Waals surface area contributed by atoms with Gasteiger partial charge in [-0.3, -0.25) is 0 Å². The number of alkyl halides is 3.